The fraction of sp³-hybridized carbons (Fsp3) is 0.500. The number of aromatic hydroxyl groups is 3. The Morgan fingerprint density at radius 2 is 1.25 bits per heavy atom. The minimum Gasteiger partial charge on any atom is -0.508 e. The van der Waals surface area contributed by atoms with Crippen molar-refractivity contribution in [2.45, 2.75) is 227 Å². The van der Waals surface area contributed by atoms with E-state index in [1.54, 1.807) is 0 Å². The number of carboxylic acid groups (broad SMARTS) is 2. The van der Waals surface area contributed by atoms with Crippen LogP contribution in [0.1, 0.15) is 176 Å². The fourth-order valence-electron chi connectivity index (χ4n) is 14.1. The van der Waals surface area contributed by atoms with E-state index in [-0.39, 0.29) is 46.2 Å². The minimum absolute atomic E-state index is 0.0975. The van der Waals surface area contributed by atoms with Gasteiger partial charge in [-0.3, -0.25) is 38.4 Å². The van der Waals surface area contributed by atoms with E-state index in [0.717, 1.165) is 79.6 Å². The summed E-state index contributed by atoms with van der Waals surface area (Å²) in [6.07, 6.45) is -7.07. The van der Waals surface area contributed by atoms with Crippen molar-refractivity contribution in [1.29, 1.82) is 0 Å². The SMILES string of the molecule is CCCCCCCCCCCC(=O)O.CNC(CC(C)C)C(=O)NC1C(=O)NC(CC(N)=O)C(=O)NC2C(=O)NC3C(=O)NC(C(=O)NC(C(=O)O)c4cc(O)cc(O)c4-c4cc3ccc4O)C(O)c3ccc(c(Cl)c3)Oc3cc2cc(c3OC2OC(CO)C(O)C(O)C2OC2CC(C)(N)C(O)C(C)O2)Oc2ccc(cc2Cl)C1O. The van der Waals surface area contributed by atoms with Crippen LogP contribution in [-0.4, -0.2) is 202 Å². The Hall–Kier alpha value is -9.73. The number of likely N-dealkylation sites (N-methyl/N-ethyl adjacent to an activating group) is 1. The second-order valence-corrected chi connectivity index (χ2v) is 30.5. The number of unbranched alkanes of at least 4 members (excludes halogenated alkanes) is 8. The summed E-state index contributed by atoms with van der Waals surface area (Å²) in [7, 11) is 1.47. The largest absolute Gasteiger partial charge is 0.508 e. The summed E-state index contributed by atoms with van der Waals surface area (Å²) in [5.41, 5.74) is 8.00. The molecular formula is C78H99Cl2N9O26. The van der Waals surface area contributed by atoms with Crippen molar-refractivity contribution in [2.24, 2.45) is 17.4 Å². The lowest BCUT2D eigenvalue weighted by Gasteiger charge is -2.47. The summed E-state index contributed by atoms with van der Waals surface area (Å²) in [5.74, 6) is -16.6. The number of primary amides is 1. The van der Waals surface area contributed by atoms with Gasteiger partial charge in [0.05, 0.1) is 41.3 Å². The Bertz CT molecular complexity index is 4390. The van der Waals surface area contributed by atoms with Gasteiger partial charge in [0.15, 0.2) is 29.9 Å². The van der Waals surface area contributed by atoms with Crippen LogP contribution in [0.3, 0.4) is 0 Å². The second-order valence-electron chi connectivity index (χ2n) is 29.7. The Balaban J connectivity index is 0.000000982. The summed E-state index contributed by atoms with van der Waals surface area (Å²) in [6, 6.07) is -0.679. The van der Waals surface area contributed by atoms with E-state index in [1.165, 1.54) is 78.0 Å². The van der Waals surface area contributed by atoms with E-state index in [1.807, 2.05) is 13.8 Å². The van der Waals surface area contributed by atoms with Gasteiger partial charge < -0.3 is 133 Å². The van der Waals surface area contributed by atoms with Crippen molar-refractivity contribution in [3.8, 4) is 57.1 Å². The van der Waals surface area contributed by atoms with E-state index < -0.39 is 243 Å². The number of aliphatic carboxylic acids is 2. The number of carbonyl (C=O) groups is 9. The van der Waals surface area contributed by atoms with Crippen molar-refractivity contribution < 1.29 is 128 Å². The molecule has 7 aliphatic heterocycles. The predicted molar refractivity (Wildman–Crippen MR) is 409 cm³/mol. The lowest BCUT2D eigenvalue weighted by Crippen LogP contribution is -2.64. The smallest absolute Gasteiger partial charge is 0.330 e. The molecule has 7 heterocycles. The quantitative estimate of drug-likeness (QED) is 0.0409. The number of carboxylic acids is 2. The third-order valence-electron chi connectivity index (χ3n) is 20.3. The molecule has 115 heavy (non-hydrogen) atoms. The van der Waals surface area contributed by atoms with Gasteiger partial charge in [0.1, 0.15) is 89.5 Å². The molecule has 35 nitrogen and oxygen atoms in total. The van der Waals surface area contributed by atoms with Gasteiger partial charge in [-0.1, -0.05) is 114 Å². The zero-order valence-electron chi connectivity index (χ0n) is 63.8. The van der Waals surface area contributed by atoms with Crippen LogP contribution in [0.4, 0.5) is 0 Å². The highest BCUT2D eigenvalue weighted by Crippen LogP contribution is 2.50. The highest BCUT2D eigenvalue weighted by atomic mass is 35.5. The lowest BCUT2D eigenvalue weighted by molar-refractivity contribution is -0.333. The molecule has 0 aliphatic carbocycles. The third-order valence-corrected chi connectivity index (χ3v) is 20.9. The van der Waals surface area contributed by atoms with E-state index >= 15 is 14.4 Å². The first-order valence-corrected chi connectivity index (χ1v) is 38.4. The number of carbonyl (C=O) groups excluding carboxylic acids is 7. The van der Waals surface area contributed by atoms with Crippen molar-refractivity contribution in [1.82, 2.24) is 37.2 Å². The van der Waals surface area contributed by atoms with Crippen LogP contribution < -0.4 is 62.9 Å². The molecule has 11 bridgehead atoms. The zero-order chi connectivity index (χ0) is 84.2. The zero-order valence-corrected chi connectivity index (χ0v) is 65.3. The van der Waals surface area contributed by atoms with Crippen LogP contribution in [0.5, 0.6) is 46.0 Å². The molecule has 12 rings (SSSR count). The summed E-state index contributed by atoms with van der Waals surface area (Å²) in [6.45, 7) is 7.89. The van der Waals surface area contributed by atoms with Crippen molar-refractivity contribution in [2.75, 3.05) is 13.7 Å². The van der Waals surface area contributed by atoms with Crippen LogP contribution >= 0.6 is 23.2 Å². The highest BCUT2D eigenvalue weighted by molar-refractivity contribution is 6.32. The van der Waals surface area contributed by atoms with Gasteiger partial charge in [0.25, 0.3) is 0 Å². The first kappa shape index (κ1) is 89.2. The number of ether oxygens (including phenoxy) is 6. The minimum atomic E-state index is -2.35. The Morgan fingerprint density at radius 1 is 0.670 bits per heavy atom. The average molecular weight is 1650 g/mol. The molecule has 37 heteroatoms. The van der Waals surface area contributed by atoms with Gasteiger partial charge in [-0.05, 0) is 117 Å². The summed E-state index contributed by atoms with van der Waals surface area (Å²) >= 11 is 14.1. The van der Waals surface area contributed by atoms with E-state index in [0.29, 0.717) is 6.42 Å². The summed E-state index contributed by atoms with van der Waals surface area (Å²) in [5, 5.41) is 139. The number of phenolic OH excluding ortho intramolecular Hbond substituents is 3. The maximum absolute atomic E-state index is 16.0. The van der Waals surface area contributed by atoms with Crippen LogP contribution in [0.25, 0.3) is 11.1 Å². The van der Waals surface area contributed by atoms with Crippen LogP contribution in [0, 0.1) is 5.92 Å². The predicted octanol–water partition coefficient (Wildman–Crippen LogP) is 4.10. The molecule has 22 N–H and O–H groups in total. The number of rotatable bonds is 23. The molecule has 626 valence electrons. The average Bonchev–Trinajstić information content (AvgIpc) is 0.772. The van der Waals surface area contributed by atoms with Gasteiger partial charge in [0, 0.05) is 41.1 Å². The van der Waals surface area contributed by atoms with Crippen molar-refractivity contribution >= 4 is 76.5 Å². The molecule has 0 saturated carbocycles. The molecule has 7 amide bonds. The molecule has 0 aromatic heterocycles. The number of hydrogen-bond acceptors (Lipinski definition) is 26. The first-order valence-electron chi connectivity index (χ1n) is 37.6. The molecule has 18 unspecified atom stereocenters. The van der Waals surface area contributed by atoms with Gasteiger partial charge in [-0.25, -0.2) is 4.79 Å². The van der Waals surface area contributed by atoms with Gasteiger partial charge in [-0.2, -0.15) is 0 Å². The summed E-state index contributed by atoms with van der Waals surface area (Å²) < 4.78 is 38.3. The number of amides is 7. The maximum atomic E-state index is 16.0. The topological polar surface area (TPSA) is 568 Å². The number of halogens is 2. The number of phenols is 3. The summed E-state index contributed by atoms with van der Waals surface area (Å²) in [4.78, 5) is 127. The van der Waals surface area contributed by atoms with Crippen LogP contribution in [0.2, 0.25) is 10.0 Å². The maximum Gasteiger partial charge on any atom is 0.330 e. The van der Waals surface area contributed by atoms with E-state index in [9.17, 15) is 79.8 Å². The molecule has 0 radical (unpaired) electrons. The number of hydrogen-bond donors (Lipinski definition) is 20. The van der Waals surface area contributed by atoms with Crippen LogP contribution in [-0.2, 0) is 57.4 Å². The van der Waals surface area contributed by atoms with Gasteiger partial charge in [-0.15, -0.1) is 0 Å². The molecule has 5 aromatic rings. The molecule has 2 saturated heterocycles. The molecular weight excluding hydrogens is 1550 g/mol. The van der Waals surface area contributed by atoms with Crippen molar-refractivity contribution in [3.63, 3.8) is 0 Å². The number of nitrogens with one attached hydrogen (secondary N) is 7. The highest BCUT2D eigenvalue weighted by Gasteiger charge is 2.52. The number of aliphatic hydroxyl groups is 6. The molecule has 18 atom stereocenters. The Morgan fingerprint density at radius 3 is 1.82 bits per heavy atom. The van der Waals surface area contributed by atoms with Gasteiger partial charge in [0.2, 0.25) is 53.4 Å². The molecule has 2 fully saturated rings. The third kappa shape index (κ3) is 21.9. The first-order chi connectivity index (χ1) is 54.4. The second kappa shape index (κ2) is 39.3. The lowest BCUT2D eigenvalue weighted by atomic mass is 9.86. The number of fused-ring (bicyclic) bond motifs is 15. The molecule has 0 spiro atoms. The van der Waals surface area contributed by atoms with E-state index in [2.05, 4.69) is 44.1 Å². The Labute approximate surface area is 670 Å². The molecule has 7 aliphatic rings. The van der Waals surface area contributed by atoms with Crippen LogP contribution in [0.15, 0.2) is 78.9 Å². The van der Waals surface area contributed by atoms with E-state index in [4.69, 9.17) is 68.2 Å². The normalized spacial score (nSPS) is 27.1. The Kier molecular flexibility index (Phi) is 30.5. The van der Waals surface area contributed by atoms with Gasteiger partial charge >= 0.3 is 11.9 Å². The monoisotopic (exact) mass is 1650 g/mol. The molecule has 5 aromatic carbocycles. The van der Waals surface area contributed by atoms with Crippen molar-refractivity contribution in [3.05, 3.63) is 117 Å². The fourth-order valence-corrected chi connectivity index (χ4v) is 14.5. The number of benzene rings is 5. The number of nitrogens with two attached hydrogens (primary N) is 2. The standard InChI is InChI=1S/C66H75Cl2N9O24.C12H24O2/c1-23(2)12-34(71-5)58(88)76-49-51(83)26-7-10-38(32(67)14-26)97-40-16-28-17-41(55(40)101-65-56(54(86)53(85)42(22-78)99-65)100-44-21-66(4,70)57(87)24(3)96-44)98-39-11-8-27(15-33(39)68)52(84)50-63(93)75-48(64(94)95)31-18-29(79)19-37(81)45(31)30-13-25(6-9-36(30)80)46(60(90)77-50)74-61(91)47(28)73-59(89)35(20-43(69)82)72-62(49)92;1-2-3-4-5-6-7-8-9-10-11-12(13)14/h6-11,13-19,23-24,34-35,42,44,46-54,56-57,65,71,78-81,83-87H,12,20-22,70H2,1-5H3,(H2,69,82)(H,72,92)(H,73,89)(H,74,91)(H,75,93)(H,76,88)(H,77,90)(H,94,95);2-11H2,1H3,(H,13,14). The number of aliphatic hydroxyl groups excluding tert-OH is 6.